The van der Waals surface area contributed by atoms with Crippen molar-refractivity contribution in [1.29, 1.82) is 0 Å². The van der Waals surface area contributed by atoms with Gasteiger partial charge in [0, 0.05) is 39.5 Å². The summed E-state index contributed by atoms with van der Waals surface area (Å²) in [6.45, 7) is 2.30. The molecule has 2 rings (SSSR count). The maximum Gasteiger partial charge on any atom is 0.0587 e. The quantitative estimate of drug-likeness (QED) is 0.677. The number of methoxy groups -OCH3 is 1. The molecule has 0 unspecified atom stereocenters. The van der Waals surface area contributed by atoms with Crippen LogP contribution in [-0.2, 0) is 11.3 Å². The summed E-state index contributed by atoms with van der Waals surface area (Å²) >= 11 is 11.4. The molecule has 0 aliphatic heterocycles. The summed E-state index contributed by atoms with van der Waals surface area (Å²) in [6, 6.07) is 14.2. The van der Waals surface area contributed by atoms with Crippen molar-refractivity contribution in [3.8, 4) is 0 Å². The molecule has 0 saturated heterocycles. The van der Waals surface area contributed by atoms with Crippen LogP contribution in [0.2, 0.25) is 5.02 Å². The van der Waals surface area contributed by atoms with Gasteiger partial charge in [-0.2, -0.15) is 0 Å². The highest BCUT2D eigenvalue weighted by Gasteiger charge is 2.07. The van der Waals surface area contributed by atoms with Crippen molar-refractivity contribution in [3.05, 3.63) is 57.5 Å². The average molecular weight is 387 g/mol. The molecule has 0 fully saturated rings. The maximum absolute atomic E-state index is 6.12. The molecule has 5 heteroatoms. The van der Waals surface area contributed by atoms with E-state index in [2.05, 4.69) is 39.4 Å². The van der Waals surface area contributed by atoms with Gasteiger partial charge in [-0.05, 0) is 51.8 Å². The van der Waals surface area contributed by atoms with E-state index in [1.54, 1.807) is 18.9 Å². The van der Waals surface area contributed by atoms with Crippen LogP contribution in [0.5, 0.6) is 0 Å². The van der Waals surface area contributed by atoms with Gasteiger partial charge in [0.05, 0.1) is 6.61 Å². The van der Waals surface area contributed by atoms with E-state index in [9.17, 15) is 0 Å². The predicted octanol–water partition coefficient (Wildman–Crippen LogP) is 4.99. The molecule has 0 radical (unpaired) electrons. The van der Waals surface area contributed by atoms with Gasteiger partial charge in [-0.1, -0.05) is 35.5 Å². The summed E-state index contributed by atoms with van der Waals surface area (Å²) in [7, 11) is 1.70. The molecule has 0 atom stereocenters. The first-order valence-corrected chi connectivity index (χ1v) is 8.60. The van der Waals surface area contributed by atoms with Crippen LogP contribution in [-0.4, -0.2) is 20.3 Å². The molecule has 112 valence electrons. The average Bonchev–Trinajstić information content (AvgIpc) is 2.48. The van der Waals surface area contributed by atoms with E-state index in [4.69, 9.17) is 16.3 Å². The van der Waals surface area contributed by atoms with E-state index in [1.807, 2.05) is 24.3 Å². The van der Waals surface area contributed by atoms with Crippen LogP contribution in [0.15, 0.2) is 56.7 Å². The van der Waals surface area contributed by atoms with Gasteiger partial charge in [0.25, 0.3) is 0 Å². The largest absolute Gasteiger partial charge is 0.383 e. The second-order valence-electron chi connectivity index (χ2n) is 4.45. The Morgan fingerprint density at radius 1 is 1.19 bits per heavy atom. The fourth-order valence-corrected chi connectivity index (χ4v) is 3.50. The van der Waals surface area contributed by atoms with Crippen molar-refractivity contribution >= 4 is 39.3 Å². The minimum Gasteiger partial charge on any atom is -0.383 e. The monoisotopic (exact) mass is 385 g/mol. The standard InChI is InChI=1S/C16H17BrClNOS/c1-20-9-8-19-11-12-10-13(18)6-7-15(12)21-16-5-3-2-4-14(16)17/h2-7,10,19H,8-9,11H2,1H3. The predicted molar refractivity (Wildman–Crippen MR) is 93.3 cm³/mol. The Balaban J connectivity index is 2.13. The van der Waals surface area contributed by atoms with Gasteiger partial charge in [-0.3, -0.25) is 0 Å². The lowest BCUT2D eigenvalue weighted by Crippen LogP contribution is -2.18. The van der Waals surface area contributed by atoms with Crippen molar-refractivity contribution < 1.29 is 4.74 Å². The Morgan fingerprint density at radius 3 is 2.76 bits per heavy atom. The van der Waals surface area contributed by atoms with E-state index >= 15 is 0 Å². The number of nitrogens with one attached hydrogen (secondary N) is 1. The van der Waals surface area contributed by atoms with E-state index in [1.165, 1.54) is 15.4 Å². The van der Waals surface area contributed by atoms with Crippen molar-refractivity contribution in [2.75, 3.05) is 20.3 Å². The topological polar surface area (TPSA) is 21.3 Å². The molecule has 0 saturated carbocycles. The number of rotatable bonds is 7. The summed E-state index contributed by atoms with van der Waals surface area (Å²) < 4.78 is 6.15. The van der Waals surface area contributed by atoms with Crippen molar-refractivity contribution in [2.24, 2.45) is 0 Å². The van der Waals surface area contributed by atoms with Gasteiger partial charge in [-0.25, -0.2) is 0 Å². The Labute approximate surface area is 143 Å². The molecule has 0 amide bonds. The van der Waals surface area contributed by atoms with Crippen molar-refractivity contribution in [1.82, 2.24) is 5.32 Å². The van der Waals surface area contributed by atoms with Gasteiger partial charge < -0.3 is 10.1 Å². The summed E-state index contributed by atoms with van der Waals surface area (Å²) in [5, 5.41) is 4.12. The first-order chi connectivity index (χ1) is 10.2. The number of benzene rings is 2. The summed E-state index contributed by atoms with van der Waals surface area (Å²) in [6.07, 6.45) is 0. The number of ether oxygens (including phenoxy) is 1. The van der Waals surface area contributed by atoms with Gasteiger partial charge in [0.1, 0.15) is 0 Å². The van der Waals surface area contributed by atoms with E-state index < -0.39 is 0 Å². The number of hydrogen-bond acceptors (Lipinski definition) is 3. The Hall–Kier alpha value is -0.520. The molecule has 0 spiro atoms. The molecule has 0 bridgehead atoms. The van der Waals surface area contributed by atoms with Gasteiger partial charge >= 0.3 is 0 Å². The number of hydrogen-bond donors (Lipinski definition) is 1. The van der Waals surface area contributed by atoms with Crippen molar-refractivity contribution in [2.45, 2.75) is 16.3 Å². The van der Waals surface area contributed by atoms with Crippen LogP contribution in [0.4, 0.5) is 0 Å². The Kier molecular flexibility index (Phi) is 7.07. The SMILES string of the molecule is COCCNCc1cc(Cl)ccc1Sc1ccccc1Br. The molecule has 0 heterocycles. The Morgan fingerprint density at radius 2 is 2.00 bits per heavy atom. The third-order valence-corrected chi connectivity index (χ3v) is 5.26. The fourth-order valence-electron chi connectivity index (χ4n) is 1.83. The highest BCUT2D eigenvalue weighted by atomic mass is 79.9. The van der Waals surface area contributed by atoms with Crippen LogP contribution in [0.1, 0.15) is 5.56 Å². The summed E-state index contributed by atoms with van der Waals surface area (Å²) in [5.74, 6) is 0. The minimum absolute atomic E-state index is 0.702. The minimum atomic E-state index is 0.702. The first-order valence-electron chi connectivity index (χ1n) is 6.61. The molecule has 0 aliphatic carbocycles. The van der Waals surface area contributed by atoms with E-state index in [0.717, 1.165) is 22.6 Å². The maximum atomic E-state index is 6.12. The normalized spacial score (nSPS) is 10.8. The molecular weight excluding hydrogens is 370 g/mol. The van der Waals surface area contributed by atoms with Crippen LogP contribution in [0, 0.1) is 0 Å². The van der Waals surface area contributed by atoms with Crippen molar-refractivity contribution in [3.63, 3.8) is 0 Å². The zero-order valence-electron chi connectivity index (χ0n) is 11.7. The van der Waals surface area contributed by atoms with E-state index in [0.29, 0.717) is 6.61 Å². The molecule has 1 N–H and O–H groups in total. The molecular formula is C16H17BrClNOS. The summed E-state index contributed by atoms with van der Waals surface area (Å²) in [5.41, 5.74) is 1.19. The third kappa shape index (κ3) is 5.31. The lowest BCUT2D eigenvalue weighted by Gasteiger charge is -2.12. The van der Waals surface area contributed by atoms with E-state index in [-0.39, 0.29) is 0 Å². The molecule has 2 aromatic rings. The fraction of sp³-hybridized carbons (Fsp3) is 0.250. The summed E-state index contributed by atoms with van der Waals surface area (Å²) in [4.78, 5) is 2.40. The smallest absolute Gasteiger partial charge is 0.0587 e. The molecule has 0 aliphatic rings. The molecule has 0 aromatic heterocycles. The Bertz CT molecular complexity index is 594. The van der Waals surface area contributed by atoms with Crippen LogP contribution in [0.3, 0.4) is 0 Å². The molecule has 21 heavy (non-hydrogen) atoms. The van der Waals surface area contributed by atoms with Crippen LogP contribution in [0.25, 0.3) is 0 Å². The second kappa shape index (κ2) is 8.81. The van der Waals surface area contributed by atoms with Gasteiger partial charge in [-0.15, -0.1) is 0 Å². The highest BCUT2D eigenvalue weighted by molar-refractivity contribution is 9.10. The van der Waals surface area contributed by atoms with Crippen LogP contribution >= 0.6 is 39.3 Å². The van der Waals surface area contributed by atoms with Crippen LogP contribution < -0.4 is 5.32 Å². The molecule has 2 aromatic carbocycles. The highest BCUT2D eigenvalue weighted by Crippen LogP contribution is 2.36. The first kappa shape index (κ1) is 16.8. The van der Waals surface area contributed by atoms with Gasteiger partial charge in [0.2, 0.25) is 0 Å². The van der Waals surface area contributed by atoms with Gasteiger partial charge in [0.15, 0.2) is 0 Å². The zero-order chi connectivity index (χ0) is 15.1. The zero-order valence-corrected chi connectivity index (χ0v) is 14.9. The lowest BCUT2D eigenvalue weighted by molar-refractivity contribution is 0.199. The third-order valence-electron chi connectivity index (χ3n) is 2.88. The lowest BCUT2D eigenvalue weighted by atomic mass is 10.2. The second-order valence-corrected chi connectivity index (χ2v) is 6.83. The molecule has 2 nitrogen and oxygen atoms in total. The number of halogens is 2.